The van der Waals surface area contributed by atoms with E-state index >= 15 is 0 Å². The van der Waals surface area contributed by atoms with Crippen LogP contribution in [0, 0.1) is 0 Å². The number of aromatic nitrogens is 2. The van der Waals surface area contributed by atoms with Crippen LogP contribution in [0.3, 0.4) is 0 Å². The minimum absolute atomic E-state index is 0.0660. The van der Waals surface area contributed by atoms with Crippen molar-refractivity contribution < 1.29 is 4.79 Å². The van der Waals surface area contributed by atoms with Crippen LogP contribution in [0.2, 0.25) is 0 Å². The number of Topliss-reactive ketones (excluding diaryl/α,β-unsaturated/α-hetero) is 1. The summed E-state index contributed by atoms with van der Waals surface area (Å²) in [4.78, 5) is 19.9. The van der Waals surface area contributed by atoms with Crippen LogP contribution in [-0.2, 0) is 0 Å². The van der Waals surface area contributed by atoms with E-state index in [1.807, 2.05) is 24.3 Å². The number of rotatable bonds is 3. The third kappa shape index (κ3) is 1.90. The lowest BCUT2D eigenvalue weighted by atomic mass is 10.0. The van der Waals surface area contributed by atoms with Crippen molar-refractivity contribution in [2.24, 2.45) is 10.2 Å². The largest absolute Gasteiger partial charge is 0.292 e. The first kappa shape index (κ1) is 10.7. The second-order valence-corrected chi connectivity index (χ2v) is 4.01. The van der Waals surface area contributed by atoms with Gasteiger partial charge in [-0.05, 0) is 6.07 Å². The maximum atomic E-state index is 12.0. The van der Waals surface area contributed by atoms with Crippen LogP contribution in [0.5, 0.6) is 0 Å². The first-order chi connectivity index (χ1) is 8.84. The molecule has 0 amide bonds. The zero-order valence-electron chi connectivity index (χ0n) is 9.52. The van der Waals surface area contributed by atoms with E-state index in [4.69, 9.17) is 0 Å². The fourth-order valence-electron chi connectivity index (χ4n) is 1.93. The maximum absolute atomic E-state index is 12.0. The summed E-state index contributed by atoms with van der Waals surface area (Å²) in [6.07, 6.45) is 4.80. The smallest absolute Gasteiger partial charge is 0.185 e. The maximum Gasteiger partial charge on any atom is 0.185 e. The highest BCUT2D eigenvalue weighted by Crippen LogP contribution is 2.37. The second kappa shape index (κ2) is 4.44. The molecule has 1 aliphatic rings. The summed E-state index contributed by atoms with van der Waals surface area (Å²) in [5.41, 5.74) is 2.21. The molecule has 0 saturated heterocycles. The van der Waals surface area contributed by atoms with Gasteiger partial charge in [-0.1, -0.05) is 18.2 Å². The number of hydrogen-bond donors (Lipinski definition) is 0. The van der Waals surface area contributed by atoms with E-state index in [1.165, 1.54) is 12.4 Å². The highest BCUT2D eigenvalue weighted by atomic mass is 16.1. The molecule has 0 spiro atoms. The molecule has 5 heteroatoms. The lowest BCUT2D eigenvalue weighted by Gasteiger charge is -2.06. The molecule has 0 aliphatic carbocycles. The topological polar surface area (TPSA) is 67.6 Å². The van der Waals surface area contributed by atoms with Crippen LogP contribution >= 0.6 is 0 Å². The third-order valence-electron chi connectivity index (χ3n) is 2.83. The lowest BCUT2D eigenvalue weighted by molar-refractivity contribution is 0.0969. The minimum Gasteiger partial charge on any atom is -0.292 e. The van der Waals surface area contributed by atoms with Crippen molar-refractivity contribution in [3.8, 4) is 0 Å². The molecule has 88 valence electrons. The van der Waals surface area contributed by atoms with Crippen LogP contribution in [0.1, 0.15) is 28.5 Å². The SMILES string of the molecule is O=C(CC1N=Nc2ccccc21)c1cnccn1. The molecule has 0 radical (unpaired) electrons. The van der Waals surface area contributed by atoms with Gasteiger partial charge in [-0.2, -0.15) is 10.2 Å². The van der Waals surface area contributed by atoms with Crippen molar-refractivity contribution in [1.29, 1.82) is 0 Å². The Balaban J connectivity index is 1.80. The van der Waals surface area contributed by atoms with Crippen LogP contribution in [0.15, 0.2) is 53.1 Å². The van der Waals surface area contributed by atoms with Crippen molar-refractivity contribution in [2.75, 3.05) is 0 Å². The van der Waals surface area contributed by atoms with Gasteiger partial charge in [0.15, 0.2) is 5.78 Å². The van der Waals surface area contributed by atoms with E-state index in [-0.39, 0.29) is 18.2 Å². The van der Waals surface area contributed by atoms with Crippen molar-refractivity contribution in [1.82, 2.24) is 9.97 Å². The molecule has 18 heavy (non-hydrogen) atoms. The van der Waals surface area contributed by atoms with Crippen LogP contribution < -0.4 is 0 Å². The molecule has 0 fully saturated rings. The van der Waals surface area contributed by atoms with Crippen molar-refractivity contribution in [3.05, 3.63) is 54.1 Å². The van der Waals surface area contributed by atoms with Crippen molar-refractivity contribution >= 4 is 11.5 Å². The summed E-state index contributed by atoms with van der Waals surface area (Å²) >= 11 is 0. The third-order valence-corrected chi connectivity index (χ3v) is 2.83. The Kier molecular flexibility index (Phi) is 2.64. The van der Waals surface area contributed by atoms with E-state index in [2.05, 4.69) is 20.2 Å². The molecule has 1 unspecified atom stereocenters. The molecule has 2 aromatic rings. The second-order valence-electron chi connectivity index (χ2n) is 4.01. The summed E-state index contributed by atoms with van der Waals surface area (Å²) < 4.78 is 0. The number of carbonyl (C=O) groups excluding carboxylic acids is 1. The van der Waals surface area contributed by atoms with E-state index in [9.17, 15) is 4.79 Å². The molecular weight excluding hydrogens is 228 g/mol. The minimum atomic E-state index is -0.198. The number of benzene rings is 1. The van der Waals surface area contributed by atoms with E-state index < -0.39 is 0 Å². The Morgan fingerprint density at radius 1 is 1.22 bits per heavy atom. The van der Waals surface area contributed by atoms with Gasteiger partial charge in [0.25, 0.3) is 0 Å². The lowest BCUT2D eigenvalue weighted by Crippen LogP contribution is -2.06. The Morgan fingerprint density at radius 2 is 2.11 bits per heavy atom. The standard InChI is InChI=1S/C13H10N4O/c18-13(12-8-14-5-6-15-12)7-11-9-3-1-2-4-10(9)16-17-11/h1-6,8,11H,7H2. The Morgan fingerprint density at radius 3 is 2.94 bits per heavy atom. The molecule has 1 atom stereocenters. The highest BCUT2D eigenvalue weighted by molar-refractivity contribution is 5.94. The summed E-state index contributed by atoms with van der Waals surface area (Å²) in [5.74, 6) is -0.0660. The first-order valence-electron chi connectivity index (χ1n) is 5.63. The van der Waals surface area contributed by atoms with Gasteiger partial charge in [-0.3, -0.25) is 9.78 Å². The predicted octanol–water partition coefficient (Wildman–Crippen LogP) is 2.89. The Bertz CT molecular complexity index is 609. The molecule has 0 bridgehead atoms. The molecule has 0 N–H and O–H groups in total. The van der Waals surface area contributed by atoms with Crippen LogP contribution in [0.25, 0.3) is 0 Å². The molecule has 1 aromatic carbocycles. The predicted molar refractivity (Wildman–Crippen MR) is 64.7 cm³/mol. The number of azo groups is 1. The molecular formula is C13H10N4O. The van der Waals surface area contributed by atoms with Gasteiger partial charge in [0, 0.05) is 24.4 Å². The average molecular weight is 238 g/mol. The van der Waals surface area contributed by atoms with E-state index in [0.717, 1.165) is 11.3 Å². The average Bonchev–Trinajstić information content (AvgIpc) is 2.83. The molecule has 2 heterocycles. The van der Waals surface area contributed by atoms with Gasteiger partial charge in [0.1, 0.15) is 11.7 Å². The van der Waals surface area contributed by atoms with Gasteiger partial charge < -0.3 is 0 Å². The van der Waals surface area contributed by atoms with Crippen LogP contribution in [0.4, 0.5) is 5.69 Å². The van der Waals surface area contributed by atoms with Gasteiger partial charge in [-0.15, -0.1) is 0 Å². The summed E-state index contributed by atoms with van der Waals surface area (Å²) in [5, 5.41) is 8.19. The molecule has 3 rings (SSSR count). The fraction of sp³-hybridized carbons (Fsp3) is 0.154. The summed E-state index contributed by atoms with van der Waals surface area (Å²) in [6.45, 7) is 0. The zero-order valence-corrected chi connectivity index (χ0v) is 9.52. The molecule has 1 aromatic heterocycles. The first-order valence-corrected chi connectivity index (χ1v) is 5.63. The zero-order chi connectivity index (χ0) is 12.4. The van der Waals surface area contributed by atoms with Crippen molar-refractivity contribution in [3.63, 3.8) is 0 Å². The number of hydrogen-bond acceptors (Lipinski definition) is 5. The Labute approximate surface area is 104 Å². The fourth-order valence-corrected chi connectivity index (χ4v) is 1.93. The number of ketones is 1. The quantitative estimate of drug-likeness (QED) is 0.772. The molecule has 5 nitrogen and oxygen atoms in total. The van der Waals surface area contributed by atoms with Gasteiger partial charge in [-0.25, -0.2) is 4.98 Å². The van der Waals surface area contributed by atoms with Gasteiger partial charge >= 0.3 is 0 Å². The number of fused-ring (bicyclic) bond motifs is 1. The number of carbonyl (C=O) groups is 1. The highest BCUT2D eigenvalue weighted by Gasteiger charge is 2.23. The normalized spacial score (nSPS) is 16.6. The summed E-state index contributed by atoms with van der Waals surface area (Å²) in [6, 6.07) is 7.48. The Hall–Kier alpha value is -2.43. The monoisotopic (exact) mass is 238 g/mol. The van der Waals surface area contributed by atoms with Crippen molar-refractivity contribution in [2.45, 2.75) is 12.5 Å². The van der Waals surface area contributed by atoms with Gasteiger partial charge in [0.05, 0.1) is 11.9 Å². The summed E-state index contributed by atoms with van der Waals surface area (Å²) in [7, 11) is 0. The van der Waals surface area contributed by atoms with Crippen LogP contribution in [-0.4, -0.2) is 15.8 Å². The van der Waals surface area contributed by atoms with E-state index in [0.29, 0.717) is 5.69 Å². The molecule has 0 saturated carbocycles. The van der Waals surface area contributed by atoms with E-state index in [1.54, 1.807) is 6.20 Å². The van der Waals surface area contributed by atoms with Gasteiger partial charge in [0.2, 0.25) is 0 Å². The number of nitrogens with zero attached hydrogens (tertiary/aromatic N) is 4. The molecule has 1 aliphatic heterocycles.